The summed E-state index contributed by atoms with van der Waals surface area (Å²) in [6.45, 7) is 4.16. The average molecular weight is 512 g/mol. The van der Waals surface area contributed by atoms with Gasteiger partial charge in [-0.1, -0.05) is 6.07 Å². The van der Waals surface area contributed by atoms with Gasteiger partial charge in [0.2, 0.25) is 0 Å². The molecule has 12 heteroatoms. The number of likely N-dealkylation sites (N-methyl/N-ethyl adjacent to an activating group) is 1. The summed E-state index contributed by atoms with van der Waals surface area (Å²) in [6, 6.07) is 14.5. The number of sulfonamides is 1. The molecule has 0 aliphatic heterocycles. The van der Waals surface area contributed by atoms with Crippen molar-refractivity contribution >= 4 is 39.1 Å². The maximum Gasteiger partial charge on any atom is 0.342 e. The predicted molar refractivity (Wildman–Crippen MR) is 132 cm³/mol. The van der Waals surface area contributed by atoms with Crippen LogP contribution in [0.3, 0.4) is 0 Å². The molecule has 1 amide bonds. The summed E-state index contributed by atoms with van der Waals surface area (Å²) in [7, 11) is -3.83. The molecule has 0 spiro atoms. The van der Waals surface area contributed by atoms with Gasteiger partial charge in [-0.3, -0.25) is 9.52 Å². The molecule has 2 aromatic carbocycles. The predicted octanol–water partition coefficient (Wildman–Crippen LogP) is 4.03. The summed E-state index contributed by atoms with van der Waals surface area (Å²) in [5, 5.41) is 18.1. The summed E-state index contributed by atoms with van der Waals surface area (Å²) in [4.78, 5) is 29.9. The lowest BCUT2D eigenvalue weighted by Gasteiger charge is -2.18. The van der Waals surface area contributed by atoms with Crippen LogP contribution in [0, 0.1) is 0 Å². The highest BCUT2D eigenvalue weighted by Gasteiger charge is 2.18. The number of aromatic nitrogens is 1. The largest absolute Gasteiger partial charge is 0.507 e. The quantitative estimate of drug-likeness (QED) is 0.308. The van der Waals surface area contributed by atoms with Crippen LogP contribution in [-0.4, -0.2) is 55.0 Å². The molecule has 0 aliphatic carbocycles. The highest BCUT2D eigenvalue weighted by Crippen LogP contribution is 2.26. The van der Waals surface area contributed by atoms with Gasteiger partial charge in [0.25, 0.3) is 15.9 Å². The third-order valence-corrected chi connectivity index (χ3v) is 6.35. The molecule has 0 unspecified atom stereocenters. The summed E-state index contributed by atoms with van der Waals surface area (Å²) >= 11 is 0. The average Bonchev–Trinajstić information content (AvgIpc) is 2.88. The van der Waals surface area contributed by atoms with Gasteiger partial charge in [-0.05, 0) is 68.4 Å². The topological polar surface area (TPSA) is 151 Å². The molecule has 0 fully saturated rings. The number of benzene rings is 2. The summed E-state index contributed by atoms with van der Waals surface area (Å²) in [5.41, 5.74) is 0.429. The highest BCUT2D eigenvalue weighted by molar-refractivity contribution is 7.92. The number of pyridine rings is 1. The molecular formula is C24H25N5O6S. The van der Waals surface area contributed by atoms with E-state index >= 15 is 0 Å². The van der Waals surface area contributed by atoms with Crippen molar-refractivity contribution in [3.8, 4) is 5.75 Å². The van der Waals surface area contributed by atoms with Gasteiger partial charge in [0, 0.05) is 19.3 Å². The van der Waals surface area contributed by atoms with E-state index in [1.54, 1.807) is 12.1 Å². The van der Waals surface area contributed by atoms with Gasteiger partial charge < -0.3 is 14.7 Å². The van der Waals surface area contributed by atoms with Crippen LogP contribution in [0.4, 0.5) is 17.2 Å². The van der Waals surface area contributed by atoms with Gasteiger partial charge in [0.1, 0.15) is 17.1 Å². The zero-order valence-electron chi connectivity index (χ0n) is 19.7. The Kier molecular flexibility index (Phi) is 8.68. The Bertz CT molecular complexity index is 1340. The van der Waals surface area contributed by atoms with Crippen LogP contribution < -0.4 is 4.72 Å². The molecule has 0 saturated carbocycles. The molecule has 3 rings (SSSR count). The fraction of sp³-hybridized carbons (Fsp3) is 0.208. The van der Waals surface area contributed by atoms with E-state index in [-0.39, 0.29) is 33.6 Å². The molecule has 36 heavy (non-hydrogen) atoms. The van der Waals surface area contributed by atoms with Gasteiger partial charge in [-0.2, -0.15) is 10.2 Å². The summed E-state index contributed by atoms with van der Waals surface area (Å²) in [6.07, 6.45) is 1.47. The minimum Gasteiger partial charge on any atom is -0.507 e. The lowest BCUT2D eigenvalue weighted by molar-refractivity contribution is -0.134. The fourth-order valence-corrected chi connectivity index (χ4v) is 4.06. The third-order valence-electron chi connectivity index (χ3n) is 4.97. The first-order valence-corrected chi connectivity index (χ1v) is 12.5. The minimum absolute atomic E-state index is 0.0148. The third kappa shape index (κ3) is 6.85. The Morgan fingerprint density at radius 1 is 1.00 bits per heavy atom. The van der Waals surface area contributed by atoms with Crippen molar-refractivity contribution in [3.05, 3.63) is 72.4 Å². The van der Waals surface area contributed by atoms with Crippen molar-refractivity contribution in [3.63, 3.8) is 0 Å². The smallest absolute Gasteiger partial charge is 0.342 e. The monoisotopic (exact) mass is 511 g/mol. The van der Waals surface area contributed by atoms with E-state index in [9.17, 15) is 23.1 Å². The lowest BCUT2D eigenvalue weighted by Crippen LogP contribution is -2.34. The second-order valence-electron chi connectivity index (χ2n) is 7.36. The number of ether oxygens (including phenoxy) is 1. The molecule has 188 valence electrons. The second kappa shape index (κ2) is 11.9. The van der Waals surface area contributed by atoms with Crippen LogP contribution in [0.25, 0.3) is 0 Å². The minimum atomic E-state index is -3.83. The molecule has 11 nitrogen and oxygen atoms in total. The number of hydrogen-bond acceptors (Lipinski definition) is 9. The number of esters is 1. The second-order valence-corrected chi connectivity index (χ2v) is 9.04. The Hall–Kier alpha value is -4.32. The van der Waals surface area contributed by atoms with E-state index in [2.05, 4.69) is 19.9 Å². The van der Waals surface area contributed by atoms with Gasteiger partial charge in [-0.25, -0.2) is 18.2 Å². The number of hydrogen-bond donors (Lipinski definition) is 2. The van der Waals surface area contributed by atoms with E-state index in [1.807, 2.05) is 13.8 Å². The summed E-state index contributed by atoms with van der Waals surface area (Å²) in [5.74, 6) is -1.35. The Morgan fingerprint density at radius 2 is 1.67 bits per heavy atom. The Morgan fingerprint density at radius 3 is 2.31 bits per heavy atom. The van der Waals surface area contributed by atoms with Gasteiger partial charge >= 0.3 is 5.97 Å². The lowest BCUT2D eigenvalue weighted by atomic mass is 10.2. The Labute approximate surface area is 208 Å². The van der Waals surface area contributed by atoms with Crippen molar-refractivity contribution in [2.45, 2.75) is 18.7 Å². The van der Waals surface area contributed by atoms with Crippen molar-refractivity contribution < 1.29 is 27.9 Å². The zero-order valence-corrected chi connectivity index (χ0v) is 20.5. The molecule has 0 saturated heterocycles. The number of amides is 1. The first kappa shape index (κ1) is 26.3. The number of aromatic hydroxyl groups is 1. The van der Waals surface area contributed by atoms with Crippen molar-refractivity contribution in [2.24, 2.45) is 10.2 Å². The first-order chi connectivity index (χ1) is 17.2. The SMILES string of the molecule is CCN(CC)C(=O)COC(=O)c1cc(N=Nc2ccc(S(=O)(=O)Nc3ccccn3)cc2)ccc1O. The van der Waals surface area contributed by atoms with Gasteiger partial charge in [0.15, 0.2) is 6.61 Å². The number of phenolic OH excluding ortho intramolecular Hbond substituents is 1. The number of nitrogens with one attached hydrogen (secondary N) is 1. The van der Waals surface area contributed by atoms with Crippen LogP contribution in [0.2, 0.25) is 0 Å². The molecule has 3 aromatic rings. The summed E-state index contributed by atoms with van der Waals surface area (Å²) < 4.78 is 32.4. The Balaban J connectivity index is 1.68. The highest BCUT2D eigenvalue weighted by atomic mass is 32.2. The van der Waals surface area contributed by atoms with Crippen LogP contribution in [-0.2, 0) is 19.6 Å². The van der Waals surface area contributed by atoms with Crippen molar-refractivity contribution in [1.29, 1.82) is 0 Å². The van der Waals surface area contributed by atoms with Gasteiger partial charge in [0.05, 0.1) is 16.3 Å². The number of anilines is 1. The number of azo groups is 1. The maximum atomic E-state index is 12.5. The van der Waals surface area contributed by atoms with Crippen molar-refractivity contribution in [2.75, 3.05) is 24.4 Å². The van der Waals surface area contributed by atoms with E-state index in [1.165, 1.54) is 59.6 Å². The van der Waals surface area contributed by atoms with Crippen LogP contribution >= 0.6 is 0 Å². The maximum absolute atomic E-state index is 12.5. The van der Waals surface area contributed by atoms with Crippen LogP contribution in [0.1, 0.15) is 24.2 Å². The molecule has 0 radical (unpaired) electrons. The molecule has 0 atom stereocenters. The molecule has 1 aromatic heterocycles. The normalized spacial score (nSPS) is 11.3. The molecule has 2 N–H and O–H groups in total. The van der Waals surface area contributed by atoms with Crippen molar-refractivity contribution in [1.82, 2.24) is 9.88 Å². The van der Waals surface area contributed by atoms with E-state index in [0.717, 1.165) is 0 Å². The number of phenols is 1. The number of carbonyl (C=O) groups is 2. The fourth-order valence-electron chi connectivity index (χ4n) is 3.05. The molecular weight excluding hydrogens is 486 g/mol. The standard InChI is InChI=1S/C24H25N5O6S/c1-3-29(4-2)23(31)16-35-24(32)20-15-18(10-13-21(20)30)27-26-17-8-11-19(12-9-17)36(33,34)28-22-7-5-6-14-25-22/h5-15,30H,3-4,16H2,1-2H3,(H,25,28). The van der Waals surface area contributed by atoms with Crippen LogP contribution in [0.15, 0.2) is 82.0 Å². The molecule has 0 bridgehead atoms. The number of carbonyl (C=O) groups excluding carboxylic acids is 2. The number of rotatable bonds is 10. The first-order valence-electron chi connectivity index (χ1n) is 11.0. The molecule has 1 heterocycles. The van der Waals surface area contributed by atoms with E-state index in [0.29, 0.717) is 18.8 Å². The zero-order chi connectivity index (χ0) is 26.1. The molecule has 0 aliphatic rings. The van der Waals surface area contributed by atoms with E-state index in [4.69, 9.17) is 4.74 Å². The van der Waals surface area contributed by atoms with E-state index < -0.39 is 22.6 Å². The van der Waals surface area contributed by atoms with Gasteiger partial charge in [-0.15, -0.1) is 0 Å². The number of nitrogens with zero attached hydrogens (tertiary/aromatic N) is 4. The van der Waals surface area contributed by atoms with Crippen LogP contribution in [0.5, 0.6) is 5.75 Å².